The van der Waals surface area contributed by atoms with Crippen LogP contribution in [-0.2, 0) is 6.18 Å². The molecule has 9 heteroatoms. The molecule has 0 spiro atoms. The summed E-state index contributed by atoms with van der Waals surface area (Å²) in [5.74, 6) is 0.525. The van der Waals surface area contributed by atoms with Crippen LogP contribution >= 0.6 is 11.6 Å². The largest absolute Gasteiger partial charge is 0.417 e. The van der Waals surface area contributed by atoms with Crippen molar-refractivity contribution in [3.63, 3.8) is 0 Å². The SMILES string of the molecule is FC1CN(c2cc(-c3ncc(C(F)(F)F)cc3Cl)c3cc[nH]c3n2)C1. The van der Waals surface area contributed by atoms with Gasteiger partial charge in [0.05, 0.1) is 29.4 Å². The van der Waals surface area contributed by atoms with Gasteiger partial charge in [-0.3, -0.25) is 4.98 Å². The molecule has 1 fully saturated rings. The highest BCUT2D eigenvalue weighted by molar-refractivity contribution is 6.33. The van der Waals surface area contributed by atoms with Crippen molar-refractivity contribution in [3.8, 4) is 11.3 Å². The summed E-state index contributed by atoms with van der Waals surface area (Å²) in [6.45, 7) is 0.458. The van der Waals surface area contributed by atoms with Gasteiger partial charge in [0.2, 0.25) is 0 Å². The van der Waals surface area contributed by atoms with Gasteiger partial charge in [0.15, 0.2) is 0 Å². The molecule has 4 heterocycles. The summed E-state index contributed by atoms with van der Waals surface area (Å²) in [6, 6.07) is 4.26. The van der Waals surface area contributed by atoms with E-state index in [9.17, 15) is 17.6 Å². The lowest BCUT2D eigenvalue weighted by molar-refractivity contribution is -0.137. The van der Waals surface area contributed by atoms with E-state index < -0.39 is 17.9 Å². The maximum atomic E-state index is 13.1. The predicted octanol–water partition coefficient (Wildman–Crippen LogP) is 4.46. The Morgan fingerprint density at radius 2 is 2.00 bits per heavy atom. The first-order chi connectivity index (χ1) is 11.8. The van der Waals surface area contributed by atoms with Crippen LogP contribution in [0.2, 0.25) is 5.02 Å². The topological polar surface area (TPSA) is 44.8 Å². The van der Waals surface area contributed by atoms with Crippen LogP contribution in [0.1, 0.15) is 5.56 Å². The summed E-state index contributed by atoms with van der Waals surface area (Å²) in [7, 11) is 0. The number of nitrogens with zero attached hydrogens (tertiary/aromatic N) is 3. The number of fused-ring (bicyclic) bond motifs is 1. The van der Waals surface area contributed by atoms with Crippen molar-refractivity contribution in [2.75, 3.05) is 18.0 Å². The van der Waals surface area contributed by atoms with E-state index in [-0.39, 0.29) is 23.8 Å². The predicted molar refractivity (Wildman–Crippen MR) is 86.4 cm³/mol. The summed E-state index contributed by atoms with van der Waals surface area (Å²) in [5.41, 5.74) is 0.388. The highest BCUT2D eigenvalue weighted by Crippen LogP contribution is 2.37. The molecule has 130 valence electrons. The fraction of sp³-hybridized carbons (Fsp3) is 0.250. The van der Waals surface area contributed by atoms with E-state index >= 15 is 0 Å². The Balaban J connectivity index is 1.84. The Kier molecular flexibility index (Phi) is 3.61. The van der Waals surface area contributed by atoms with Crippen molar-refractivity contribution < 1.29 is 17.6 Å². The van der Waals surface area contributed by atoms with Gasteiger partial charge in [0.1, 0.15) is 17.6 Å². The third-order valence-electron chi connectivity index (χ3n) is 4.10. The summed E-state index contributed by atoms with van der Waals surface area (Å²) in [4.78, 5) is 13.0. The van der Waals surface area contributed by atoms with Gasteiger partial charge in [-0.15, -0.1) is 0 Å². The van der Waals surface area contributed by atoms with Crippen LogP contribution in [0.15, 0.2) is 30.6 Å². The Morgan fingerprint density at radius 3 is 2.64 bits per heavy atom. The van der Waals surface area contributed by atoms with Crippen LogP contribution in [0, 0.1) is 0 Å². The lowest BCUT2D eigenvalue weighted by Gasteiger charge is -2.35. The number of aromatic amines is 1. The van der Waals surface area contributed by atoms with Gasteiger partial charge in [-0.05, 0) is 18.2 Å². The fourth-order valence-corrected chi connectivity index (χ4v) is 3.05. The van der Waals surface area contributed by atoms with Crippen LogP contribution in [0.4, 0.5) is 23.4 Å². The molecule has 3 aromatic rings. The number of rotatable bonds is 2. The van der Waals surface area contributed by atoms with E-state index in [1.807, 2.05) is 0 Å². The standard InChI is InChI=1S/C16H11ClF4N4/c17-12-3-8(16(19,20)21)5-23-14(12)11-4-13(25-6-9(18)7-25)24-15-10(11)1-2-22-15/h1-5,9H,6-7H2,(H,22,24). The molecule has 1 N–H and O–H groups in total. The number of aromatic nitrogens is 3. The molecule has 4 nitrogen and oxygen atoms in total. The van der Waals surface area contributed by atoms with Crippen molar-refractivity contribution >= 4 is 28.5 Å². The second kappa shape index (κ2) is 5.59. The fourth-order valence-electron chi connectivity index (χ4n) is 2.79. The van der Waals surface area contributed by atoms with E-state index in [1.54, 1.807) is 23.2 Å². The van der Waals surface area contributed by atoms with Crippen LogP contribution < -0.4 is 4.90 Å². The number of hydrogen-bond acceptors (Lipinski definition) is 3. The lowest BCUT2D eigenvalue weighted by atomic mass is 10.1. The van der Waals surface area contributed by atoms with Crippen LogP contribution in [0.25, 0.3) is 22.3 Å². The molecule has 0 unspecified atom stereocenters. The number of pyridine rings is 2. The van der Waals surface area contributed by atoms with Crippen molar-refractivity contribution in [1.29, 1.82) is 0 Å². The van der Waals surface area contributed by atoms with Crippen LogP contribution in [0.5, 0.6) is 0 Å². The molecule has 1 saturated heterocycles. The minimum absolute atomic E-state index is 0.110. The molecule has 0 radical (unpaired) electrons. The molecule has 0 aliphatic carbocycles. The summed E-state index contributed by atoms with van der Waals surface area (Å²) in [6.07, 6.45) is -3.01. The third-order valence-corrected chi connectivity index (χ3v) is 4.39. The second-order valence-corrected chi connectivity index (χ2v) is 6.23. The number of nitrogens with one attached hydrogen (secondary N) is 1. The zero-order valence-electron chi connectivity index (χ0n) is 12.6. The maximum absolute atomic E-state index is 13.1. The number of hydrogen-bond donors (Lipinski definition) is 1. The molecule has 0 atom stereocenters. The minimum atomic E-state index is -4.52. The molecule has 1 aliphatic rings. The van der Waals surface area contributed by atoms with Gasteiger partial charge >= 0.3 is 6.18 Å². The van der Waals surface area contributed by atoms with E-state index in [2.05, 4.69) is 15.0 Å². The van der Waals surface area contributed by atoms with Crippen molar-refractivity contribution in [3.05, 3.63) is 41.2 Å². The minimum Gasteiger partial charge on any atom is -0.351 e. The van der Waals surface area contributed by atoms with Crippen molar-refractivity contribution in [1.82, 2.24) is 15.0 Å². The van der Waals surface area contributed by atoms with E-state index in [4.69, 9.17) is 11.6 Å². The van der Waals surface area contributed by atoms with Crippen molar-refractivity contribution in [2.24, 2.45) is 0 Å². The molecule has 0 saturated carbocycles. The highest BCUT2D eigenvalue weighted by atomic mass is 35.5. The first-order valence-electron chi connectivity index (χ1n) is 7.43. The van der Waals surface area contributed by atoms with E-state index in [0.29, 0.717) is 22.4 Å². The molecule has 0 bridgehead atoms. The number of halogens is 5. The maximum Gasteiger partial charge on any atom is 0.417 e. The number of alkyl halides is 4. The summed E-state index contributed by atoms with van der Waals surface area (Å²) in [5, 5.41) is 0.566. The molecule has 25 heavy (non-hydrogen) atoms. The quantitative estimate of drug-likeness (QED) is 0.678. The normalized spacial score (nSPS) is 15.6. The van der Waals surface area contributed by atoms with E-state index in [0.717, 1.165) is 12.3 Å². The average Bonchev–Trinajstić information content (AvgIpc) is 2.98. The Labute approximate surface area is 144 Å². The molecule has 0 amide bonds. The zero-order valence-corrected chi connectivity index (χ0v) is 13.4. The number of H-pyrrole nitrogens is 1. The van der Waals surface area contributed by atoms with E-state index in [1.165, 1.54) is 0 Å². The smallest absolute Gasteiger partial charge is 0.351 e. The molecule has 1 aliphatic heterocycles. The Hall–Kier alpha value is -2.35. The second-order valence-electron chi connectivity index (χ2n) is 5.82. The first-order valence-corrected chi connectivity index (χ1v) is 7.81. The van der Waals surface area contributed by atoms with Gasteiger partial charge in [-0.25, -0.2) is 9.37 Å². The Morgan fingerprint density at radius 1 is 1.24 bits per heavy atom. The molecular weight excluding hydrogens is 360 g/mol. The van der Waals surface area contributed by atoms with Gasteiger partial charge in [0.25, 0.3) is 0 Å². The van der Waals surface area contributed by atoms with Gasteiger partial charge < -0.3 is 9.88 Å². The lowest BCUT2D eigenvalue weighted by Crippen LogP contribution is -2.48. The summed E-state index contributed by atoms with van der Waals surface area (Å²) < 4.78 is 51.6. The monoisotopic (exact) mass is 370 g/mol. The zero-order chi connectivity index (χ0) is 17.8. The number of anilines is 1. The first kappa shape index (κ1) is 16.1. The molecule has 4 rings (SSSR count). The Bertz CT molecular complexity index is 947. The molecule has 0 aromatic carbocycles. The summed E-state index contributed by atoms with van der Waals surface area (Å²) >= 11 is 6.07. The van der Waals surface area contributed by atoms with Gasteiger partial charge in [0, 0.05) is 23.3 Å². The third kappa shape index (κ3) is 2.80. The van der Waals surface area contributed by atoms with Gasteiger partial charge in [-0.2, -0.15) is 13.2 Å². The molecule has 3 aromatic heterocycles. The highest BCUT2D eigenvalue weighted by Gasteiger charge is 2.32. The average molecular weight is 371 g/mol. The molecular formula is C16H11ClF4N4. The van der Waals surface area contributed by atoms with Gasteiger partial charge in [-0.1, -0.05) is 11.6 Å². The van der Waals surface area contributed by atoms with Crippen LogP contribution in [-0.4, -0.2) is 34.2 Å². The van der Waals surface area contributed by atoms with Crippen molar-refractivity contribution in [2.45, 2.75) is 12.3 Å². The van der Waals surface area contributed by atoms with Crippen LogP contribution in [0.3, 0.4) is 0 Å².